The van der Waals surface area contributed by atoms with E-state index in [9.17, 15) is 30.0 Å². The predicted molar refractivity (Wildman–Crippen MR) is 124 cm³/mol. The molecule has 0 aliphatic heterocycles. The van der Waals surface area contributed by atoms with Crippen molar-refractivity contribution < 1.29 is 39.7 Å². The van der Waals surface area contributed by atoms with Gasteiger partial charge < -0.3 is 35.4 Å². The fraction of sp³-hybridized carbons (Fsp3) is 0.440. The van der Waals surface area contributed by atoms with E-state index in [-0.39, 0.29) is 60.2 Å². The third kappa shape index (κ3) is 3.33. The molecule has 5 N–H and O–H groups in total. The SMILES string of the molecule is O=C(CCCCCNC(=O)On1c(O)c2c(c1O)C1C=CC2C1)On1c(O)c2c(c1O)C1C=CC2C1. The summed E-state index contributed by atoms with van der Waals surface area (Å²) in [5.41, 5.74) is 2.46. The van der Waals surface area contributed by atoms with E-state index in [0.29, 0.717) is 41.5 Å². The third-order valence-corrected chi connectivity index (χ3v) is 7.66. The Morgan fingerprint density at radius 2 is 1.17 bits per heavy atom. The Hall–Kier alpha value is -4.02. The number of unbranched alkanes of at least 4 members (excludes halogenated alkanes) is 2. The molecule has 4 atom stereocenters. The molecule has 2 heterocycles. The van der Waals surface area contributed by atoms with Crippen LogP contribution in [0, 0.1) is 0 Å². The van der Waals surface area contributed by atoms with Gasteiger partial charge in [-0.2, -0.15) is 0 Å². The van der Waals surface area contributed by atoms with Gasteiger partial charge in [-0.15, -0.1) is 9.46 Å². The van der Waals surface area contributed by atoms with Gasteiger partial charge in [-0.25, -0.2) is 9.59 Å². The monoisotopic (exact) mass is 497 g/mol. The van der Waals surface area contributed by atoms with Crippen molar-refractivity contribution in [3.05, 3.63) is 46.6 Å². The molecule has 0 aromatic carbocycles. The lowest BCUT2D eigenvalue weighted by atomic mass is 10.0. The lowest BCUT2D eigenvalue weighted by Crippen LogP contribution is -2.32. The van der Waals surface area contributed by atoms with Gasteiger partial charge in [-0.3, -0.25) is 0 Å². The summed E-state index contributed by atoms with van der Waals surface area (Å²) in [7, 11) is 0. The minimum atomic E-state index is -0.816. The van der Waals surface area contributed by atoms with E-state index in [1.165, 1.54) is 0 Å². The Morgan fingerprint density at radius 3 is 1.64 bits per heavy atom. The predicted octanol–water partition coefficient (Wildman–Crippen LogP) is 2.75. The number of nitrogens with one attached hydrogen (secondary N) is 1. The first-order valence-corrected chi connectivity index (χ1v) is 12.2. The summed E-state index contributed by atoms with van der Waals surface area (Å²) in [6, 6.07) is 0. The maximum absolute atomic E-state index is 12.2. The summed E-state index contributed by atoms with van der Waals surface area (Å²) in [6.07, 6.45) is 10.4. The quantitative estimate of drug-likeness (QED) is 0.275. The maximum atomic E-state index is 12.2. The normalized spacial score (nSPS) is 23.8. The minimum Gasteiger partial charge on any atom is -0.492 e. The number of aromatic hydroxyl groups is 4. The van der Waals surface area contributed by atoms with Crippen molar-refractivity contribution in [2.45, 2.75) is 62.2 Å². The summed E-state index contributed by atoms with van der Waals surface area (Å²) in [5.74, 6) is -1.46. The Balaban J connectivity index is 0.925. The average molecular weight is 498 g/mol. The molecule has 0 spiro atoms. The largest absolute Gasteiger partial charge is 0.492 e. The summed E-state index contributed by atoms with van der Waals surface area (Å²) >= 11 is 0. The van der Waals surface area contributed by atoms with Crippen molar-refractivity contribution in [2.24, 2.45) is 0 Å². The van der Waals surface area contributed by atoms with Crippen molar-refractivity contribution in [1.82, 2.24) is 14.8 Å². The minimum absolute atomic E-state index is 0.0222. The van der Waals surface area contributed by atoms with Crippen LogP contribution in [0.4, 0.5) is 4.79 Å². The molecule has 2 aromatic heterocycles. The molecule has 4 unspecified atom stereocenters. The van der Waals surface area contributed by atoms with E-state index >= 15 is 0 Å². The molecule has 2 aromatic rings. The Morgan fingerprint density at radius 1 is 0.722 bits per heavy atom. The molecule has 4 aliphatic rings. The number of carbonyl (C=O) groups is 2. The van der Waals surface area contributed by atoms with Gasteiger partial charge in [0.2, 0.25) is 23.5 Å². The van der Waals surface area contributed by atoms with Crippen LogP contribution in [0.15, 0.2) is 24.3 Å². The molecule has 4 bridgehead atoms. The van der Waals surface area contributed by atoms with Gasteiger partial charge in [-0.1, -0.05) is 30.7 Å². The zero-order chi connectivity index (χ0) is 25.1. The highest BCUT2D eigenvalue weighted by Crippen LogP contribution is 2.57. The number of aromatic nitrogens is 2. The van der Waals surface area contributed by atoms with Crippen molar-refractivity contribution in [1.29, 1.82) is 0 Å². The number of rotatable bonds is 8. The molecule has 4 aliphatic carbocycles. The molecule has 11 heteroatoms. The van der Waals surface area contributed by atoms with Gasteiger partial charge >= 0.3 is 12.1 Å². The summed E-state index contributed by atoms with van der Waals surface area (Å²) < 4.78 is 1.56. The standard InChI is InChI=1S/C25H27N3O8/c29-16(35-27-21(30)17-12-5-6-13(10-12)18(17)22(27)31)4-2-1-3-9-26-25(34)36-28-23(32)19-14-7-8-15(11-14)20(19)24(28)33/h5-8,12-15,30-33H,1-4,9-11H2,(H,26,34). The topological polar surface area (TPSA) is 155 Å². The number of amides is 1. The van der Waals surface area contributed by atoms with Gasteiger partial charge in [0.15, 0.2) is 0 Å². The highest BCUT2D eigenvalue weighted by Gasteiger charge is 2.43. The highest BCUT2D eigenvalue weighted by molar-refractivity contribution is 5.71. The van der Waals surface area contributed by atoms with E-state index in [1.54, 1.807) is 0 Å². The third-order valence-electron chi connectivity index (χ3n) is 7.66. The van der Waals surface area contributed by atoms with Gasteiger partial charge in [-0.05, 0) is 25.7 Å². The summed E-state index contributed by atoms with van der Waals surface area (Å²) in [6.45, 7) is 0.269. The average Bonchev–Trinajstić information content (AvgIpc) is 3.69. The first-order valence-electron chi connectivity index (χ1n) is 12.2. The van der Waals surface area contributed by atoms with Crippen LogP contribution in [-0.2, 0) is 4.79 Å². The lowest BCUT2D eigenvalue weighted by molar-refractivity contribution is -0.145. The number of allylic oxidation sites excluding steroid dienone is 4. The van der Waals surface area contributed by atoms with Crippen LogP contribution in [0.2, 0.25) is 0 Å². The van der Waals surface area contributed by atoms with Crippen LogP contribution < -0.4 is 15.0 Å². The van der Waals surface area contributed by atoms with Crippen LogP contribution in [0.3, 0.4) is 0 Å². The van der Waals surface area contributed by atoms with E-state index < -0.39 is 12.1 Å². The smallest absolute Gasteiger partial charge is 0.432 e. The first-order chi connectivity index (χ1) is 17.3. The fourth-order valence-electron chi connectivity index (χ4n) is 6.03. The molecule has 0 fully saturated rings. The van der Waals surface area contributed by atoms with Crippen LogP contribution in [0.5, 0.6) is 23.5 Å². The van der Waals surface area contributed by atoms with Crippen molar-refractivity contribution >= 4 is 12.1 Å². The van der Waals surface area contributed by atoms with E-state index in [2.05, 4.69) is 5.32 Å². The molecule has 1 amide bonds. The van der Waals surface area contributed by atoms with Gasteiger partial charge in [0.05, 0.1) is 0 Å². The van der Waals surface area contributed by atoms with Crippen molar-refractivity contribution in [3.63, 3.8) is 0 Å². The zero-order valence-corrected chi connectivity index (χ0v) is 19.4. The molecular weight excluding hydrogens is 470 g/mol. The Bertz CT molecular complexity index is 1150. The second-order valence-electron chi connectivity index (χ2n) is 9.78. The maximum Gasteiger partial charge on any atom is 0.432 e. The molecular formula is C25H27N3O8. The number of fused-ring (bicyclic) bond motifs is 10. The molecule has 36 heavy (non-hydrogen) atoms. The lowest BCUT2D eigenvalue weighted by Gasteiger charge is -2.10. The highest BCUT2D eigenvalue weighted by atomic mass is 16.7. The van der Waals surface area contributed by atoms with Crippen LogP contribution >= 0.6 is 0 Å². The fourth-order valence-corrected chi connectivity index (χ4v) is 6.03. The molecule has 6 rings (SSSR count). The number of hydrogen-bond acceptors (Lipinski definition) is 8. The molecule has 0 saturated heterocycles. The summed E-state index contributed by atoms with van der Waals surface area (Å²) in [4.78, 5) is 34.6. The van der Waals surface area contributed by atoms with E-state index in [4.69, 9.17) is 9.68 Å². The Labute approximate surface area is 205 Å². The molecule has 0 saturated carbocycles. The first kappa shape index (κ1) is 22.4. The van der Waals surface area contributed by atoms with Gasteiger partial charge in [0, 0.05) is 58.9 Å². The van der Waals surface area contributed by atoms with Crippen LogP contribution in [0.25, 0.3) is 0 Å². The second kappa shape index (κ2) is 8.28. The molecule has 190 valence electrons. The zero-order valence-electron chi connectivity index (χ0n) is 19.4. The number of nitrogens with zero attached hydrogens (tertiary/aromatic N) is 2. The molecule has 11 nitrogen and oxygen atoms in total. The van der Waals surface area contributed by atoms with Crippen LogP contribution in [0.1, 0.15) is 84.5 Å². The second-order valence-corrected chi connectivity index (χ2v) is 9.78. The van der Waals surface area contributed by atoms with Crippen LogP contribution in [-0.4, -0.2) is 48.5 Å². The van der Waals surface area contributed by atoms with Crippen molar-refractivity contribution in [2.75, 3.05) is 6.54 Å². The van der Waals surface area contributed by atoms with Gasteiger partial charge in [0.25, 0.3) is 0 Å². The number of hydrogen-bond donors (Lipinski definition) is 5. The summed E-state index contributed by atoms with van der Waals surface area (Å²) in [5, 5.41) is 44.1. The van der Waals surface area contributed by atoms with E-state index in [1.807, 2.05) is 24.3 Å². The molecule has 0 radical (unpaired) electrons. The Kier molecular flexibility index (Phi) is 5.16. The van der Waals surface area contributed by atoms with Gasteiger partial charge in [0.1, 0.15) is 0 Å². The van der Waals surface area contributed by atoms with E-state index in [0.717, 1.165) is 22.3 Å². The number of carbonyl (C=O) groups excluding carboxylic acids is 2. The van der Waals surface area contributed by atoms with Crippen molar-refractivity contribution in [3.8, 4) is 23.5 Å².